The van der Waals surface area contributed by atoms with Crippen molar-refractivity contribution in [1.82, 2.24) is 0 Å². The topological polar surface area (TPSA) is 0 Å². The number of hydrogen-bond acceptors (Lipinski definition) is 1. The zero-order valence-electron chi connectivity index (χ0n) is 16.6. The quantitative estimate of drug-likeness (QED) is 0.309. The molecular formula is C29H22S. The van der Waals surface area contributed by atoms with Gasteiger partial charge in [0.25, 0.3) is 0 Å². The molecule has 0 aromatic heterocycles. The molecule has 1 heteroatoms. The van der Waals surface area contributed by atoms with Crippen LogP contribution in [0.4, 0.5) is 0 Å². The number of benzene rings is 4. The first kappa shape index (κ1) is 17.8. The Morgan fingerprint density at radius 2 is 1.00 bits per heavy atom. The molecule has 2 unspecified atom stereocenters. The molecule has 0 nitrogen and oxygen atoms in total. The van der Waals surface area contributed by atoms with Crippen LogP contribution in [0.15, 0.2) is 121 Å². The van der Waals surface area contributed by atoms with Crippen LogP contribution in [0.2, 0.25) is 0 Å². The van der Waals surface area contributed by atoms with Gasteiger partial charge in [-0.25, -0.2) is 0 Å². The van der Waals surface area contributed by atoms with E-state index in [2.05, 4.69) is 133 Å². The van der Waals surface area contributed by atoms with Gasteiger partial charge in [0.1, 0.15) is 0 Å². The Morgan fingerprint density at radius 1 is 0.500 bits per heavy atom. The van der Waals surface area contributed by atoms with E-state index in [0.717, 1.165) is 0 Å². The fraction of sp³-hybridized carbons (Fsp3) is 0.103. The van der Waals surface area contributed by atoms with Crippen LogP contribution in [-0.2, 0) is 4.75 Å². The molecule has 2 aliphatic rings. The Hall–Kier alpha value is -3.03. The first-order valence-corrected chi connectivity index (χ1v) is 11.4. The van der Waals surface area contributed by atoms with Crippen LogP contribution in [0.25, 0.3) is 11.1 Å². The van der Waals surface area contributed by atoms with Crippen molar-refractivity contribution in [3.63, 3.8) is 0 Å². The number of thioether (sulfide) groups is 1. The summed E-state index contributed by atoms with van der Waals surface area (Å²) in [7, 11) is 0. The molecule has 0 fully saturated rings. The molecule has 1 spiro atoms. The van der Waals surface area contributed by atoms with Crippen molar-refractivity contribution < 1.29 is 0 Å². The molecule has 0 saturated heterocycles. The third-order valence-electron chi connectivity index (χ3n) is 6.46. The minimum Gasteiger partial charge on any atom is -0.132 e. The van der Waals surface area contributed by atoms with Crippen molar-refractivity contribution in [2.75, 3.05) is 0 Å². The zero-order valence-corrected chi connectivity index (χ0v) is 17.4. The van der Waals surface area contributed by atoms with E-state index in [0.29, 0.717) is 5.25 Å². The molecule has 1 aliphatic heterocycles. The van der Waals surface area contributed by atoms with E-state index in [-0.39, 0.29) is 10.7 Å². The average Bonchev–Trinajstić information content (AvgIpc) is 3.11. The predicted molar refractivity (Wildman–Crippen MR) is 128 cm³/mol. The predicted octanol–water partition coefficient (Wildman–Crippen LogP) is 7.74. The molecule has 1 heterocycles. The maximum Gasteiger partial charge on any atom is 0.0781 e. The van der Waals surface area contributed by atoms with Crippen LogP contribution in [0, 0.1) is 0 Å². The van der Waals surface area contributed by atoms with Crippen molar-refractivity contribution in [3.05, 3.63) is 144 Å². The Labute approximate surface area is 182 Å². The maximum absolute atomic E-state index is 2.46. The normalized spacial score (nSPS) is 20.7. The van der Waals surface area contributed by atoms with Gasteiger partial charge in [0, 0.05) is 11.2 Å². The Balaban J connectivity index is 1.63. The highest BCUT2D eigenvalue weighted by Crippen LogP contribution is 2.66. The van der Waals surface area contributed by atoms with Gasteiger partial charge in [-0.3, -0.25) is 0 Å². The summed E-state index contributed by atoms with van der Waals surface area (Å²) in [6.45, 7) is 0. The van der Waals surface area contributed by atoms with Crippen LogP contribution >= 0.6 is 11.8 Å². The van der Waals surface area contributed by atoms with Gasteiger partial charge >= 0.3 is 0 Å². The van der Waals surface area contributed by atoms with Gasteiger partial charge in [0.2, 0.25) is 0 Å². The molecule has 0 bridgehead atoms. The Bertz CT molecular complexity index is 1180. The lowest BCUT2D eigenvalue weighted by atomic mass is 9.78. The Kier molecular flexibility index (Phi) is 4.17. The molecule has 4 aromatic carbocycles. The molecule has 144 valence electrons. The van der Waals surface area contributed by atoms with Gasteiger partial charge in [-0.2, -0.15) is 0 Å². The highest BCUT2D eigenvalue weighted by molar-refractivity contribution is 8.01. The van der Waals surface area contributed by atoms with E-state index in [1.807, 2.05) is 0 Å². The molecular weight excluding hydrogens is 380 g/mol. The van der Waals surface area contributed by atoms with E-state index in [4.69, 9.17) is 0 Å². The maximum atomic E-state index is 2.46. The molecule has 2 atom stereocenters. The van der Waals surface area contributed by atoms with Crippen molar-refractivity contribution in [3.8, 4) is 11.1 Å². The second-order valence-corrected chi connectivity index (χ2v) is 9.44. The summed E-state index contributed by atoms with van der Waals surface area (Å²) < 4.78 is -0.135. The van der Waals surface area contributed by atoms with Crippen molar-refractivity contribution in [2.24, 2.45) is 0 Å². The van der Waals surface area contributed by atoms with Gasteiger partial charge in [0.15, 0.2) is 0 Å². The minimum atomic E-state index is -0.135. The Morgan fingerprint density at radius 3 is 1.60 bits per heavy atom. The van der Waals surface area contributed by atoms with Gasteiger partial charge < -0.3 is 0 Å². The summed E-state index contributed by atoms with van der Waals surface area (Å²) in [6, 6.07) is 39.9. The van der Waals surface area contributed by atoms with Crippen LogP contribution in [0.3, 0.4) is 0 Å². The number of fused-ring (bicyclic) bond motifs is 5. The zero-order chi connectivity index (χ0) is 20.0. The van der Waals surface area contributed by atoms with Crippen LogP contribution in [-0.4, -0.2) is 0 Å². The van der Waals surface area contributed by atoms with Gasteiger partial charge in [-0.15, -0.1) is 11.8 Å². The summed E-state index contributed by atoms with van der Waals surface area (Å²) in [5.74, 6) is 0.286. The second-order valence-electron chi connectivity index (χ2n) is 8.05. The molecule has 6 rings (SSSR count). The smallest absolute Gasteiger partial charge is 0.0781 e. The fourth-order valence-corrected chi connectivity index (χ4v) is 7.01. The first-order chi connectivity index (χ1) is 14.9. The minimum absolute atomic E-state index is 0.135. The summed E-state index contributed by atoms with van der Waals surface area (Å²) in [6.07, 6.45) is 4.87. The molecule has 4 aromatic rings. The molecule has 30 heavy (non-hydrogen) atoms. The highest BCUT2D eigenvalue weighted by Gasteiger charge is 2.51. The molecule has 0 radical (unpaired) electrons. The summed E-state index contributed by atoms with van der Waals surface area (Å²) >= 11 is 2.10. The van der Waals surface area contributed by atoms with Crippen LogP contribution in [0.1, 0.15) is 33.4 Å². The summed E-state index contributed by atoms with van der Waals surface area (Å²) in [4.78, 5) is 0. The average molecular weight is 403 g/mol. The van der Waals surface area contributed by atoms with Gasteiger partial charge in [0.05, 0.1) is 4.75 Å². The molecule has 0 saturated carbocycles. The van der Waals surface area contributed by atoms with Gasteiger partial charge in [-0.1, -0.05) is 121 Å². The highest BCUT2D eigenvalue weighted by atomic mass is 32.2. The van der Waals surface area contributed by atoms with Crippen LogP contribution in [0.5, 0.6) is 0 Å². The van der Waals surface area contributed by atoms with E-state index < -0.39 is 0 Å². The standard InChI is InChI=1S/C29H22S/c1-3-11-21(12-4-1)25-19-20-28(22-13-5-2-6-14-22)30-29(25)26-17-9-7-15-23(26)24-16-8-10-18-27(24)29/h1-20,25,28H. The molecule has 1 aliphatic carbocycles. The van der Waals surface area contributed by atoms with Crippen molar-refractivity contribution >= 4 is 11.8 Å². The van der Waals surface area contributed by atoms with E-state index in [1.54, 1.807) is 0 Å². The monoisotopic (exact) mass is 402 g/mol. The van der Waals surface area contributed by atoms with E-state index in [1.165, 1.54) is 33.4 Å². The summed E-state index contributed by atoms with van der Waals surface area (Å²) in [5.41, 5.74) is 8.38. The van der Waals surface area contributed by atoms with Gasteiger partial charge in [-0.05, 0) is 33.4 Å². The van der Waals surface area contributed by atoms with E-state index >= 15 is 0 Å². The number of rotatable bonds is 2. The van der Waals surface area contributed by atoms with Crippen molar-refractivity contribution in [1.29, 1.82) is 0 Å². The lowest BCUT2D eigenvalue weighted by molar-refractivity contribution is 0.656. The van der Waals surface area contributed by atoms with Crippen molar-refractivity contribution in [2.45, 2.75) is 15.9 Å². The third-order valence-corrected chi connectivity index (χ3v) is 8.21. The second kappa shape index (κ2) is 7.04. The SMILES string of the molecule is C1=CC(c2ccccc2)C2(SC1c1ccccc1)c1ccccc1-c1ccccc12. The number of hydrogen-bond donors (Lipinski definition) is 0. The molecule has 0 amide bonds. The lowest BCUT2D eigenvalue weighted by Crippen LogP contribution is -2.32. The third kappa shape index (κ3) is 2.55. The fourth-order valence-electron chi connectivity index (χ4n) is 5.18. The first-order valence-electron chi connectivity index (χ1n) is 10.5. The van der Waals surface area contributed by atoms with Crippen LogP contribution < -0.4 is 0 Å². The van der Waals surface area contributed by atoms with E-state index in [9.17, 15) is 0 Å². The molecule has 0 N–H and O–H groups in total. The largest absolute Gasteiger partial charge is 0.132 e. The summed E-state index contributed by atoms with van der Waals surface area (Å²) in [5, 5.41) is 0.324. The lowest BCUT2D eigenvalue weighted by Gasteiger charge is -2.43. The number of allylic oxidation sites excluding steroid dienone is 1.